The molecule has 0 amide bonds. The highest BCUT2D eigenvalue weighted by atomic mass is 35.5. The monoisotopic (exact) mass is 456 g/mol. The molecule has 0 spiro atoms. The minimum Gasteiger partial charge on any atom is -0.312 e. The third-order valence-electron chi connectivity index (χ3n) is 5.22. The van der Waals surface area contributed by atoms with Crippen LogP contribution >= 0.6 is 23.4 Å². The number of nitrogens with zero attached hydrogens (tertiary/aromatic N) is 3. The van der Waals surface area contributed by atoms with E-state index in [-0.39, 0.29) is 10.1 Å². The number of hydrogen-bond donors (Lipinski definition) is 1. The van der Waals surface area contributed by atoms with Crippen LogP contribution in [0.2, 0.25) is 5.02 Å². The number of halogens is 1. The van der Waals surface area contributed by atoms with Crippen molar-refractivity contribution in [2.24, 2.45) is 7.05 Å². The quantitative estimate of drug-likeness (QED) is 0.478. The fraction of sp³-hybridized carbons (Fsp3) is 0.143. The van der Waals surface area contributed by atoms with Crippen molar-refractivity contribution in [3.05, 3.63) is 83.1 Å². The number of sulfonamides is 1. The first-order valence-electron chi connectivity index (χ1n) is 9.24. The summed E-state index contributed by atoms with van der Waals surface area (Å²) >= 11 is 7.43. The average Bonchev–Trinajstić information content (AvgIpc) is 3.26. The van der Waals surface area contributed by atoms with Gasteiger partial charge >= 0.3 is 0 Å². The van der Waals surface area contributed by atoms with E-state index in [1.54, 1.807) is 18.5 Å². The van der Waals surface area contributed by atoms with E-state index in [1.807, 2.05) is 41.9 Å². The zero-order chi connectivity index (χ0) is 20.9. The van der Waals surface area contributed by atoms with E-state index in [1.165, 1.54) is 23.9 Å². The molecule has 0 saturated heterocycles. The standard InChI is InChI=1S/C21H17ClN4O2S2/c1-26-12-23-24-21(26)29-20-17-7-3-5-13-4-2-6-16(18(13)17)19(20)25-30(27,28)15-10-8-14(22)9-11-15/h2-12,19-20,25H,1H3/t19-,20-/m0/s1. The lowest BCUT2D eigenvalue weighted by Crippen LogP contribution is -2.30. The minimum absolute atomic E-state index is 0.178. The average molecular weight is 457 g/mol. The Morgan fingerprint density at radius 2 is 1.73 bits per heavy atom. The second kappa shape index (κ2) is 7.39. The van der Waals surface area contributed by atoms with E-state index >= 15 is 0 Å². The van der Waals surface area contributed by atoms with Gasteiger partial charge in [-0.25, -0.2) is 13.1 Å². The van der Waals surface area contributed by atoms with Crippen LogP contribution in [0.15, 0.2) is 77.0 Å². The summed E-state index contributed by atoms with van der Waals surface area (Å²) in [5, 5.41) is 11.3. The van der Waals surface area contributed by atoms with Crippen LogP contribution in [0.5, 0.6) is 0 Å². The van der Waals surface area contributed by atoms with Crippen molar-refractivity contribution in [2.75, 3.05) is 0 Å². The summed E-state index contributed by atoms with van der Waals surface area (Å²) in [6, 6.07) is 17.8. The summed E-state index contributed by atoms with van der Waals surface area (Å²) in [5.74, 6) is 0. The Hall–Kier alpha value is -2.39. The molecular weight excluding hydrogens is 440 g/mol. The number of rotatable bonds is 5. The summed E-state index contributed by atoms with van der Waals surface area (Å²) < 4.78 is 31.1. The lowest BCUT2D eigenvalue weighted by atomic mass is 10.1. The molecule has 0 aliphatic heterocycles. The molecular formula is C21H17ClN4O2S2. The van der Waals surface area contributed by atoms with Crippen LogP contribution in [0.1, 0.15) is 22.4 Å². The maximum absolute atomic E-state index is 13.2. The summed E-state index contributed by atoms with van der Waals surface area (Å²) in [6.45, 7) is 0. The van der Waals surface area contributed by atoms with Crippen LogP contribution in [-0.2, 0) is 17.1 Å². The van der Waals surface area contributed by atoms with Crippen molar-refractivity contribution in [1.29, 1.82) is 0 Å². The summed E-state index contributed by atoms with van der Waals surface area (Å²) in [4.78, 5) is 0.178. The largest absolute Gasteiger partial charge is 0.312 e. The van der Waals surface area contributed by atoms with Crippen LogP contribution in [0.3, 0.4) is 0 Å². The van der Waals surface area contributed by atoms with Crippen LogP contribution < -0.4 is 4.72 Å². The first kappa shape index (κ1) is 19.6. The van der Waals surface area contributed by atoms with Crippen molar-refractivity contribution in [2.45, 2.75) is 21.3 Å². The number of thioether (sulfide) groups is 1. The molecule has 1 aliphatic carbocycles. The Balaban J connectivity index is 1.60. The van der Waals surface area contributed by atoms with Gasteiger partial charge in [0.15, 0.2) is 5.16 Å². The third-order valence-corrected chi connectivity index (χ3v) is 8.29. The first-order valence-corrected chi connectivity index (χ1v) is 12.0. The maximum atomic E-state index is 13.2. The molecule has 0 bridgehead atoms. The number of aryl methyl sites for hydroxylation is 1. The van der Waals surface area contributed by atoms with Crippen LogP contribution in [0, 0.1) is 0 Å². The lowest BCUT2D eigenvalue weighted by molar-refractivity contribution is 0.557. The Labute approximate surface area is 183 Å². The van der Waals surface area contributed by atoms with Gasteiger partial charge in [0.05, 0.1) is 16.2 Å². The molecule has 0 fully saturated rings. The van der Waals surface area contributed by atoms with Crippen LogP contribution in [-0.4, -0.2) is 23.2 Å². The second-order valence-corrected chi connectivity index (χ2v) is 10.4. The van der Waals surface area contributed by atoms with E-state index in [9.17, 15) is 8.42 Å². The number of hydrogen-bond acceptors (Lipinski definition) is 5. The summed E-state index contributed by atoms with van der Waals surface area (Å²) in [7, 11) is -1.89. The molecule has 1 aliphatic rings. The summed E-state index contributed by atoms with van der Waals surface area (Å²) in [5.41, 5.74) is 2.04. The topological polar surface area (TPSA) is 76.9 Å². The van der Waals surface area contributed by atoms with Crippen molar-refractivity contribution in [3.63, 3.8) is 0 Å². The second-order valence-electron chi connectivity index (χ2n) is 7.11. The van der Waals surface area contributed by atoms with Gasteiger partial charge in [0, 0.05) is 12.1 Å². The highest BCUT2D eigenvalue weighted by Crippen LogP contribution is 2.52. The van der Waals surface area contributed by atoms with Crippen molar-refractivity contribution in [1.82, 2.24) is 19.5 Å². The van der Waals surface area contributed by atoms with Crippen molar-refractivity contribution in [3.8, 4) is 0 Å². The van der Waals surface area contributed by atoms with Gasteiger partial charge in [-0.2, -0.15) is 0 Å². The number of aromatic nitrogens is 3. The molecule has 152 valence electrons. The van der Waals surface area contributed by atoms with Gasteiger partial charge in [0.25, 0.3) is 0 Å². The van der Waals surface area contributed by atoms with Crippen molar-refractivity contribution < 1.29 is 8.42 Å². The fourth-order valence-electron chi connectivity index (χ4n) is 3.84. The van der Waals surface area contributed by atoms with Crippen molar-refractivity contribution >= 4 is 44.2 Å². The van der Waals surface area contributed by atoms with Gasteiger partial charge in [0.2, 0.25) is 10.0 Å². The molecule has 30 heavy (non-hydrogen) atoms. The SMILES string of the molecule is Cn1cnnc1S[C@H]1c2cccc3cccc(c23)[C@@H]1NS(=O)(=O)c1ccc(Cl)cc1. The summed E-state index contributed by atoms with van der Waals surface area (Å²) in [6.07, 6.45) is 1.64. The van der Waals surface area contributed by atoms with E-state index in [0.717, 1.165) is 27.1 Å². The van der Waals surface area contributed by atoms with E-state index in [4.69, 9.17) is 11.6 Å². The van der Waals surface area contributed by atoms with Gasteiger partial charge in [-0.15, -0.1) is 10.2 Å². The molecule has 0 unspecified atom stereocenters. The molecule has 1 heterocycles. The van der Waals surface area contributed by atoms with E-state index in [0.29, 0.717) is 5.02 Å². The normalized spacial score (nSPS) is 18.2. The molecule has 3 aromatic carbocycles. The molecule has 2 atom stereocenters. The predicted octanol–water partition coefficient (Wildman–Crippen LogP) is 4.49. The maximum Gasteiger partial charge on any atom is 0.241 e. The zero-order valence-electron chi connectivity index (χ0n) is 15.9. The van der Waals surface area contributed by atoms with Crippen LogP contribution in [0.4, 0.5) is 0 Å². The van der Waals surface area contributed by atoms with Crippen LogP contribution in [0.25, 0.3) is 10.8 Å². The number of nitrogens with one attached hydrogen (secondary N) is 1. The third kappa shape index (κ3) is 3.30. The van der Waals surface area contributed by atoms with Gasteiger partial charge < -0.3 is 4.57 Å². The smallest absolute Gasteiger partial charge is 0.241 e. The highest BCUT2D eigenvalue weighted by molar-refractivity contribution is 7.99. The lowest BCUT2D eigenvalue weighted by Gasteiger charge is -2.22. The van der Waals surface area contributed by atoms with Gasteiger partial charge in [-0.05, 0) is 46.2 Å². The van der Waals surface area contributed by atoms with E-state index in [2.05, 4.69) is 21.0 Å². The highest BCUT2D eigenvalue weighted by Gasteiger charge is 2.38. The molecule has 1 aromatic heterocycles. The van der Waals surface area contributed by atoms with Gasteiger partial charge in [-0.3, -0.25) is 0 Å². The Morgan fingerprint density at radius 1 is 1.03 bits per heavy atom. The Bertz CT molecular complexity index is 1350. The molecule has 0 radical (unpaired) electrons. The molecule has 1 N–H and O–H groups in total. The number of benzene rings is 3. The zero-order valence-corrected chi connectivity index (χ0v) is 18.2. The molecule has 6 nitrogen and oxygen atoms in total. The van der Waals surface area contributed by atoms with E-state index < -0.39 is 16.1 Å². The van der Waals surface area contributed by atoms with Gasteiger partial charge in [-0.1, -0.05) is 59.8 Å². The molecule has 9 heteroatoms. The van der Waals surface area contributed by atoms with Gasteiger partial charge in [0.1, 0.15) is 6.33 Å². The Morgan fingerprint density at radius 3 is 2.40 bits per heavy atom. The molecule has 4 aromatic rings. The predicted molar refractivity (Wildman–Crippen MR) is 118 cm³/mol. The fourth-order valence-corrected chi connectivity index (χ4v) is 6.49. The minimum atomic E-state index is -3.76. The Kier molecular flexibility index (Phi) is 4.82. The molecule has 0 saturated carbocycles. The molecule has 5 rings (SSSR count). The first-order chi connectivity index (χ1) is 14.4.